The van der Waals surface area contributed by atoms with Gasteiger partial charge in [0.2, 0.25) is 0 Å². The molecule has 128 valence electrons. The van der Waals surface area contributed by atoms with Crippen LogP contribution in [0.2, 0.25) is 0 Å². The average molecular weight is 329 g/mol. The molecule has 1 aliphatic carbocycles. The van der Waals surface area contributed by atoms with Crippen molar-refractivity contribution in [2.75, 3.05) is 13.1 Å². The minimum absolute atomic E-state index is 0.255. The van der Waals surface area contributed by atoms with Crippen LogP contribution in [0.25, 0.3) is 0 Å². The Bertz CT molecular complexity index is 674. The van der Waals surface area contributed by atoms with Crippen LogP contribution in [0.1, 0.15) is 60.6 Å². The second kappa shape index (κ2) is 6.65. The molecule has 2 aromatic rings. The van der Waals surface area contributed by atoms with Gasteiger partial charge in [-0.15, -0.1) is 0 Å². The van der Waals surface area contributed by atoms with Crippen LogP contribution in [-0.2, 0) is 12.8 Å². The van der Waals surface area contributed by atoms with Crippen molar-refractivity contribution in [1.29, 1.82) is 0 Å². The number of β-amino-alcohol motifs (C(OH)–C–C–N with tert-alkyl or cyclic N) is 1. The van der Waals surface area contributed by atoms with E-state index in [2.05, 4.69) is 9.88 Å². The number of aliphatic hydroxyl groups excluding tert-OH is 1. The van der Waals surface area contributed by atoms with Crippen LogP contribution in [0.4, 0.5) is 4.39 Å². The number of likely N-dealkylation sites (tertiary alicyclic amines) is 1. The molecule has 0 saturated carbocycles. The van der Waals surface area contributed by atoms with Gasteiger partial charge in [0.1, 0.15) is 11.6 Å². The highest BCUT2D eigenvalue weighted by Crippen LogP contribution is 2.33. The van der Waals surface area contributed by atoms with Gasteiger partial charge >= 0.3 is 0 Å². The maximum atomic E-state index is 13.0. The number of rotatable bonds is 4. The Morgan fingerprint density at radius 1 is 1.21 bits per heavy atom. The van der Waals surface area contributed by atoms with Crippen molar-refractivity contribution >= 4 is 0 Å². The molecule has 1 fully saturated rings. The molecular formula is C19H24FN3O. The summed E-state index contributed by atoms with van der Waals surface area (Å²) in [6.07, 6.45) is 6.25. The van der Waals surface area contributed by atoms with Crippen molar-refractivity contribution in [3.8, 4) is 0 Å². The van der Waals surface area contributed by atoms with Gasteiger partial charge in [-0.05, 0) is 62.8 Å². The number of aliphatic hydroxyl groups is 1. The Balaban J connectivity index is 1.48. The second-order valence-electron chi connectivity index (χ2n) is 6.97. The van der Waals surface area contributed by atoms with E-state index in [1.54, 1.807) is 12.1 Å². The number of aromatic amines is 1. The van der Waals surface area contributed by atoms with Crippen molar-refractivity contribution < 1.29 is 9.50 Å². The first-order valence-electron chi connectivity index (χ1n) is 8.96. The zero-order valence-electron chi connectivity index (χ0n) is 13.8. The fourth-order valence-electron chi connectivity index (χ4n) is 4.00. The van der Waals surface area contributed by atoms with Gasteiger partial charge in [-0.1, -0.05) is 12.1 Å². The molecule has 2 atom stereocenters. The molecule has 1 aromatic heterocycles. The van der Waals surface area contributed by atoms with Gasteiger partial charge in [-0.2, -0.15) is 0 Å². The third kappa shape index (κ3) is 3.10. The number of hydrogen-bond acceptors (Lipinski definition) is 3. The summed E-state index contributed by atoms with van der Waals surface area (Å²) in [5.74, 6) is 0.789. The summed E-state index contributed by atoms with van der Waals surface area (Å²) in [7, 11) is 0. The second-order valence-corrected chi connectivity index (χ2v) is 6.97. The fraction of sp³-hybridized carbons (Fsp3) is 0.526. The monoisotopic (exact) mass is 329 g/mol. The first-order valence-corrected chi connectivity index (χ1v) is 8.96. The van der Waals surface area contributed by atoms with Gasteiger partial charge in [0.15, 0.2) is 0 Å². The number of imidazole rings is 1. The zero-order valence-corrected chi connectivity index (χ0v) is 13.8. The third-order valence-electron chi connectivity index (χ3n) is 5.31. The molecule has 0 amide bonds. The van der Waals surface area contributed by atoms with Crippen LogP contribution in [0.5, 0.6) is 0 Å². The minimum Gasteiger partial charge on any atom is -0.387 e. The summed E-state index contributed by atoms with van der Waals surface area (Å²) in [5.41, 5.74) is 3.31. The van der Waals surface area contributed by atoms with Crippen LogP contribution in [0.15, 0.2) is 24.3 Å². The van der Waals surface area contributed by atoms with Crippen molar-refractivity contribution in [3.05, 3.63) is 52.9 Å². The lowest BCUT2D eigenvalue weighted by Gasteiger charge is -2.25. The summed E-state index contributed by atoms with van der Waals surface area (Å²) in [6.45, 7) is 1.52. The first kappa shape index (κ1) is 15.8. The summed E-state index contributed by atoms with van der Waals surface area (Å²) in [6, 6.07) is 6.39. The highest BCUT2D eigenvalue weighted by molar-refractivity contribution is 5.21. The number of halogens is 1. The van der Waals surface area contributed by atoms with E-state index in [1.165, 1.54) is 36.4 Å². The Hall–Kier alpha value is -1.72. The van der Waals surface area contributed by atoms with E-state index in [-0.39, 0.29) is 11.9 Å². The molecule has 24 heavy (non-hydrogen) atoms. The standard InChI is InChI=1S/C19H24FN3O/c20-14-9-7-13(8-10-14)18(24)12-23-11-3-6-17(23)19-21-15-4-1-2-5-16(15)22-19/h7-10,17-18,24H,1-6,11-12H2,(H,21,22)/t17-,18+/m0/s1. The molecule has 4 nitrogen and oxygen atoms in total. The van der Waals surface area contributed by atoms with Gasteiger partial charge in [-0.25, -0.2) is 9.37 Å². The summed E-state index contributed by atoms with van der Waals surface area (Å²) < 4.78 is 13.0. The van der Waals surface area contributed by atoms with E-state index >= 15 is 0 Å². The zero-order chi connectivity index (χ0) is 16.5. The molecule has 5 heteroatoms. The number of hydrogen-bond donors (Lipinski definition) is 2. The highest BCUT2D eigenvalue weighted by Gasteiger charge is 2.31. The Labute approximate surface area is 141 Å². The molecule has 0 radical (unpaired) electrons. The molecule has 2 aliphatic rings. The van der Waals surface area contributed by atoms with Gasteiger partial charge < -0.3 is 10.1 Å². The molecule has 2 N–H and O–H groups in total. The van der Waals surface area contributed by atoms with Gasteiger partial charge in [0.25, 0.3) is 0 Å². The van der Waals surface area contributed by atoms with Crippen LogP contribution in [0.3, 0.4) is 0 Å². The SMILES string of the molecule is O[C@H](CN1CCC[C@H]1c1nc2c([nH]1)CCCC2)c1ccc(F)cc1. The topological polar surface area (TPSA) is 52.1 Å². The van der Waals surface area contributed by atoms with E-state index < -0.39 is 6.10 Å². The maximum absolute atomic E-state index is 13.0. The van der Waals surface area contributed by atoms with Crippen LogP contribution < -0.4 is 0 Å². The largest absolute Gasteiger partial charge is 0.387 e. The molecule has 2 heterocycles. The number of aryl methyl sites for hydroxylation is 2. The molecule has 1 saturated heterocycles. The molecule has 0 unspecified atom stereocenters. The lowest BCUT2D eigenvalue weighted by Crippen LogP contribution is -2.29. The van der Waals surface area contributed by atoms with Crippen LogP contribution in [-0.4, -0.2) is 33.1 Å². The fourth-order valence-corrected chi connectivity index (χ4v) is 4.00. The molecule has 4 rings (SSSR count). The lowest BCUT2D eigenvalue weighted by atomic mass is 10.0. The summed E-state index contributed by atoms with van der Waals surface area (Å²) in [5, 5.41) is 10.5. The van der Waals surface area contributed by atoms with Crippen molar-refractivity contribution in [2.45, 2.75) is 50.7 Å². The number of benzene rings is 1. The minimum atomic E-state index is -0.601. The molecular weight excluding hydrogens is 305 g/mol. The van der Waals surface area contributed by atoms with Gasteiger partial charge in [0, 0.05) is 12.2 Å². The number of nitrogens with one attached hydrogen (secondary N) is 1. The maximum Gasteiger partial charge on any atom is 0.124 e. The van der Waals surface area contributed by atoms with Crippen LogP contribution in [0, 0.1) is 5.82 Å². The molecule has 0 spiro atoms. The molecule has 0 bridgehead atoms. The Morgan fingerprint density at radius 3 is 2.79 bits per heavy atom. The molecule has 1 aromatic carbocycles. The third-order valence-corrected chi connectivity index (χ3v) is 5.31. The average Bonchev–Trinajstić information content (AvgIpc) is 3.21. The van der Waals surface area contributed by atoms with E-state index in [0.29, 0.717) is 6.54 Å². The van der Waals surface area contributed by atoms with E-state index in [1.807, 2.05) is 0 Å². The van der Waals surface area contributed by atoms with Crippen molar-refractivity contribution in [2.24, 2.45) is 0 Å². The van der Waals surface area contributed by atoms with E-state index in [4.69, 9.17) is 4.98 Å². The number of H-pyrrole nitrogens is 1. The Morgan fingerprint density at radius 2 is 2.00 bits per heavy atom. The van der Waals surface area contributed by atoms with Crippen LogP contribution >= 0.6 is 0 Å². The summed E-state index contributed by atoms with van der Waals surface area (Å²) in [4.78, 5) is 10.7. The normalized spacial score (nSPS) is 22.5. The van der Waals surface area contributed by atoms with Crippen molar-refractivity contribution in [3.63, 3.8) is 0 Å². The Kier molecular flexibility index (Phi) is 4.37. The first-order chi connectivity index (χ1) is 11.7. The van der Waals surface area contributed by atoms with Gasteiger partial charge in [-0.3, -0.25) is 4.90 Å². The number of aromatic nitrogens is 2. The number of nitrogens with zero attached hydrogens (tertiary/aromatic N) is 2. The van der Waals surface area contributed by atoms with Crippen molar-refractivity contribution in [1.82, 2.24) is 14.9 Å². The lowest BCUT2D eigenvalue weighted by molar-refractivity contribution is 0.104. The summed E-state index contributed by atoms with van der Waals surface area (Å²) >= 11 is 0. The van der Waals surface area contributed by atoms with E-state index in [0.717, 1.165) is 43.6 Å². The quantitative estimate of drug-likeness (QED) is 0.905. The smallest absolute Gasteiger partial charge is 0.124 e. The number of fused-ring (bicyclic) bond motifs is 1. The predicted octanol–water partition coefficient (Wildman–Crippen LogP) is 3.30. The predicted molar refractivity (Wildman–Crippen MR) is 90.1 cm³/mol. The highest BCUT2D eigenvalue weighted by atomic mass is 19.1. The van der Waals surface area contributed by atoms with Gasteiger partial charge in [0.05, 0.1) is 17.8 Å². The molecule has 1 aliphatic heterocycles. The van der Waals surface area contributed by atoms with E-state index in [9.17, 15) is 9.50 Å².